The zero-order valence-corrected chi connectivity index (χ0v) is 16.1. The van der Waals surface area contributed by atoms with Crippen LogP contribution in [-0.4, -0.2) is 23.7 Å². The fraction of sp³-hybridized carbons (Fsp3) is 0.444. The minimum Gasteiger partial charge on any atom is -0.237 e. The van der Waals surface area contributed by atoms with E-state index in [2.05, 4.69) is 15.9 Å². The molecule has 0 saturated heterocycles. The lowest BCUT2D eigenvalue weighted by Crippen LogP contribution is -2.46. The van der Waals surface area contributed by atoms with Crippen molar-refractivity contribution in [3.8, 4) is 11.8 Å². The van der Waals surface area contributed by atoms with Crippen LogP contribution in [0.25, 0.3) is 5.69 Å². The van der Waals surface area contributed by atoms with Gasteiger partial charge in [0.15, 0.2) is 0 Å². The molecule has 2 aromatic rings. The highest BCUT2D eigenvalue weighted by Gasteiger charge is 2.37. The maximum Gasteiger partial charge on any atom is 0.245 e. The molecule has 1 aromatic carbocycles. The Morgan fingerprint density at radius 2 is 1.81 bits per heavy atom. The third-order valence-corrected chi connectivity index (χ3v) is 6.72. The first-order chi connectivity index (χ1) is 12.4. The number of rotatable bonds is 4. The molecule has 0 spiro atoms. The highest BCUT2D eigenvalue weighted by molar-refractivity contribution is 7.89. The first-order valence-electron chi connectivity index (χ1n) is 8.63. The van der Waals surface area contributed by atoms with Crippen LogP contribution in [0.1, 0.15) is 44.2 Å². The molecule has 0 bridgehead atoms. The van der Waals surface area contributed by atoms with E-state index in [0.29, 0.717) is 23.6 Å². The normalized spacial score (nSPS) is 17.4. The molecule has 0 radical (unpaired) electrons. The highest BCUT2D eigenvalue weighted by Crippen LogP contribution is 2.29. The van der Waals surface area contributed by atoms with E-state index in [1.54, 1.807) is 35.9 Å². The van der Waals surface area contributed by atoms with Gasteiger partial charge >= 0.3 is 0 Å². The zero-order chi connectivity index (χ0) is 18.8. The Morgan fingerprint density at radius 3 is 2.38 bits per heavy atom. The summed E-state index contributed by atoms with van der Waals surface area (Å²) < 4.78 is 30.1. The van der Waals surface area contributed by atoms with Gasteiger partial charge in [0, 0.05) is 5.02 Å². The van der Waals surface area contributed by atoms with Gasteiger partial charge in [-0.3, -0.25) is 0 Å². The summed E-state index contributed by atoms with van der Waals surface area (Å²) in [6.45, 7) is 1.70. The van der Waals surface area contributed by atoms with Crippen LogP contribution in [0.15, 0.2) is 35.4 Å². The number of hydrogen-bond donors (Lipinski definition) is 1. The monoisotopic (exact) mass is 392 g/mol. The van der Waals surface area contributed by atoms with E-state index in [9.17, 15) is 13.7 Å². The second-order valence-corrected chi connectivity index (χ2v) is 8.78. The van der Waals surface area contributed by atoms with Gasteiger partial charge in [0.25, 0.3) is 0 Å². The predicted octanol–water partition coefficient (Wildman–Crippen LogP) is 3.73. The molecule has 26 heavy (non-hydrogen) atoms. The van der Waals surface area contributed by atoms with E-state index in [4.69, 9.17) is 11.6 Å². The van der Waals surface area contributed by atoms with E-state index >= 15 is 0 Å². The first kappa shape index (κ1) is 18.9. The van der Waals surface area contributed by atoms with Crippen LogP contribution in [0.5, 0.6) is 0 Å². The van der Waals surface area contributed by atoms with E-state index in [0.717, 1.165) is 31.4 Å². The fourth-order valence-corrected chi connectivity index (χ4v) is 5.04. The molecule has 1 aliphatic carbocycles. The van der Waals surface area contributed by atoms with E-state index in [-0.39, 0.29) is 4.90 Å². The molecule has 3 rings (SSSR count). The Kier molecular flexibility index (Phi) is 5.37. The van der Waals surface area contributed by atoms with Gasteiger partial charge in [-0.1, -0.05) is 37.3 Å². The Labute approximate surface area is 158 Å². The standard InChI is InChI=1S/C18H21ClN4O2S/c1-14-17(12-21-23(14)16-8-6-15(19)7-9-16)26(24,25)22-18(13-20)10-4-2-3-5-11-18/h6-9,12,22H,2-5,10-11H2,1H3. The van der Waals surface area contributed by atoms with Crippen molar-refractivity contribution in [3.05, 3.63) is 41.2 Å². The van der Waals surface area contributed by atoms with E-state index in [1.165, 1.54) is 6.20 Å². The highest BCUT2D eigenvalue weighted by atomic mass is 35.5. The molecule has 0 unspecified atom stereocenters. The number of nitriles is 1. The summed E-state index contributed by atoms with van der Waals surface area (Å²) in [6, 6.07) is 9.21. The van der Waals surface area contributed by atoms with Crippen LogP contribution < -0.4 is 4.72 Å². The largest absolute Gasteiger partial charge is 0.245 e. The van der Waals surface area contributed by atoms with Crippen molar-refractivity contribution < 1.29 is 8.42 Å². The second-order valence-electron chi connectivity index (χ2n) is 6.70. The van der Waals surface area contributed by atoms with Gasteiger partial charge in [-0.2, -0.15) is 15.1 Å². The van der Waals surface area contributed by atoms with Crippen molar-refractivity contribution in [1.82, 2.24) is 14.5 Å². The molecular weight excluding hydrogens is 372 g/mol. The third-order valence-electron chi connectivity index (χ3n) is 4.83. The summed E-state index contributed by atoms with van der Waals surface area (Å²) in [5.74, 6) is 0. The summed E-state index contributed by atoms with van der Waals surface area (Å²) in [6.07, 6.45) is 6.14. The molecular formula is C18H21ClN4O2S. The number of nitrogens with one attached hydrogen (secondary N) is 1. The smallest absolute Gasteiger partial charge is 0.237 e. The lowest BCUT2D eigenvalue weighted by molar-refractivity contribution is 0.422. The molecule has 1 fully saturated rings. The SMILES string of the molecule is Cc1c(S(=O)(=O)NC2(C#N)CCCCCC2)cnn1-c1ccc(Cl)cc1. The Balaban J connectivity index is 1.93. The molecule has 1 N–H and O–H groups in total. The van der Waals surface area contributed by atoms with Crippen molar-refractivity contribution in [2.75, 3.05) is 0 Å². The summed E-state index contributed by atoms with van der Waals surface area (Å²) in [5.41, 5.74) is 0.170. The predicted molar refractivity (Wildman–Crippen MR) is 99.7 cm³/mol. The number of hydrogen-bond acceptors (Lipinski definition) is 4. The second kappa shape index (κ2) is 7.39. The lowest BCUT2D eigenvalue weighted by Gasteiger charge is -2.25. The van der Waals surface area contributed by atoms with Crippen LogP contribution in [-0.2, 0) is 10.0 Å². The maximum absolute atomic E-state index is 13.0. The van der Waals surface area contributed by atoms with Crippen LogP contribution in [0.3, 0.4) is 0 Å². The molecule has 1 saturated carbocycles. The van der Waals surface area contributed by atoms with Crippen LogP contribution in [0.2, 0.25) is 5.02 Å². The Bertz CT molecular complexity index is 921. The summed E-state index contributed by atoms with van der Waals surface area (Å²) in [7, 11) is -3.85. The van der Waals surface area contributed by atoms with Gasteiger partial charge < -0.3 is 0 Å². The summed E-state index contributed by atoms with van der Waals surface area (Å²) in [5, 5.41) is 14.5. The van der Waals surface area contributed by atoms with E-state index in [1.807, 2.05) is 0 Å². The summed E-state index contributed by atoms with van der Waals surface area (Å²) in [4.78, 5) is 0.0892. The van der Waals surface area contributed by atoms with Crippen molar-refractivity contribution in [1.29, 1.82) is 5.26 Å². The van der Waals surface area contributed by atoms with Gasteiger partial charge in [-0.25, -0.2) is 13.1 Å². The quantitative estimate of drug-likeness (QED) is 0.803. The van der Waals surface area contributed by atoms with Crippen LogP contribution in [0.4, 0.5) is 0 Å². The molecule has 0 amide bonds. The average Bonchev–Trinajstić information content (AvgIpc) is 2.86. The van der Waals surface area contributed by atoms with Crippen molar-refractivity contribution >= 4 is 21.6 Å². The van der Waals surface area contributed by atoms with Crippen LogP contribution >= 0.6 is 11.6 Å². The van der Waals surface area contributed by atoms with Crippen LogP contribution in [0, 0.1) is 18.3 Å². The van der Waals surface area contributed by atoms with Gasteiger partial charge in [0.05, 0.1) is 23.6 Å². The Morgan fingerprint density at radius 1 is 1.19 bits per heavy atom. The Hall–Kier alpha value is -1.88. The number of aromatic nitrogens is 2. The lowest BCUT2D eigenvalue weighted by atomic mass is 9.94. The maximum atomic E-state index is 13.0. The molecule has 6 nitrogen and oxygen atoms in total. The molecule has 1 aliphatic rings. The molecule has 8 heteroatoms. The zero-order valence-electron chi connectivity index (χ0n) is 14.6. The molecule has 0 aliphatic heterocycles. The average molecular weight is 393 g/mol. The number of sulfonamides is 1. The minimum absolute atomic E-state index is 0.0892. The first-order valence-corrected chi connectivity index (χ1v) is 10.5. The minimum atomic E-state index is -3.85. The molecule has 1 aromatic heterocycles. The van der Waals surface area contributed by atoms with Gasteiger partial charge in [-0.05, 0) is 44.0 Å². The van der Waals surface area contributed by atoms with Crippen molar-refractivity contribution in [3.63, 3.8) is 0 Å². The third kappa shape index (κ3) is 3.78. The van der Waals surface area contributed by atoms with Crippen molar-refractivity contribution in [2.45, 2.75) is 55.9 Å². The molecule has 1 heterocycles. The van der Waals surface area contributed by atoms with Gasteiger partial charge in [0.1, 0.15) is 10.4 Å². The van der Waals surface area contributed by atoms with Gasteiger partial charge in [-0.15, -0.1) is 0 Å². The fourth-order valence-electron chi connectivity index (χ4n) is 3.38. The topological polar surface area (TPSA) is 87.8 Å². The molecule has 138 valence electrons. The number of benzene rings is 1. The van der Waals surface area contributed by atoms with Gasteiger partial charge in [0.2, 0.25) is 10.0 Å². The summed E-state index contributed by atoms with van der Waals surface area (Å²) >= 11 is 5.90. The number of nitrogens with zero attached hydrogens (tertiary/aromatic N) is 3. The van der Waals surface area contributed by atoms with Crippen molar-refractivity contribution in [2.24, 2.45) is 0 Å². The van der Waals surface area contributed by atoms with E-state index < -0.39 is 15.6 Å². The molecule has 0 atom stereocenters. The number of halogens is 1.